The number of thioether (sulfide) groups is 1. The van der Waals surface area contributed by atoms with Crippen LogP contribution < -0.4 is 16.4 Å². The van der Waals surface area contributed by atoms with Gasteiger partial charge in [-0.15, -0.1) is 11.8 Å². The summed E-state index contributed by atoms with van der Waals surface area (Å²) in [5, 5.41) is 10.1. The molecule has 0 aliphatic heterocycles. The Labute approximate surface area is 224 Å². The van der Waals surface area contributed by atoms with E-state index in [1.807, 2.05) is 6.07 Å². The number of rotatable bonds is 15. The van der Waals surface area contributed by atoms with Crippen LogP contribution in [0, 0.1) is 11.3 Å². The van der Waals surface area contributed by atoms with Gasteiger partial charge in [0.2, 0.25) is 11.9 Å². The molecule has 0 fully saturated rings. The van der Waals surface area contributed by atoms with Crippen molar-refractivity contribution < 1.29 is 27.4 Å². The minimum atomic E-state index is -4.64. The highest BCUT2D eigenvalue weighted by Gasteiger charge is 2.34. The lowest BCUT2D eigenvalue weighted by molar-refractivity contribution is -0.137. The van der Waals surface area contributed by atoms with Crippen LogP contribution in [-0.2, 0) is 20.4 Å². The number of carbonyl (C=O) groups is 1. The maximum Gasteiger partial charge on any atom is 0.416 e. The molecule has 0 radical (unpaired) electrons. The van der Waals surface area contributed by atoms with E-state index in [-0.39, 0.29) is 34.5 Å². The number of nitrogens with two attached hydrogens (primary N) is 2. The molecule has 1 heterocycles. The highest BCUT2D eigenvalue weighted by Crippen LogP contribution is 2.37. The number of hydrogen-bond donors (Lipinski definition) is 2. The molecule has 4 N–H and O–H groups in total. The van der Waals surface area contributed by atoms with Gasteiger partial charge in [0, 0.05) is 33.0 Å². The van der Waals surface area contributed by atoms with Gasteiger partial charge in [-0.05, 0) is 43.8 Å². The Balaban J connectivity index is 2.56. The fourth-order valence-corrected chi connectivity index (χ4v) is 4.36. The van der Waals surface area contributed by atoms with Gasteiger partial charge >= 0.3 is 6.18 Å². The first-order valence-electron chi connectivity index (χ1n) is 11.6. The van der Waals surface area contributed by atoms with Crippen molar-refractivity contribution in [3.8, 4) is 6.07 Å². The molecule has 1 amide bonds. The van der Waals surface area contributed by atoms with Gasteiger partial charge in [0.1, 0.15) is 22.7 Å². The zero-order valence-corrected chi connectivity index (χ0v) is 22.3. The van der Waals surface area contributed by atoms with Gasteiger partial charge in [-0.3, -0.25) is 9.69 Å². The van der Waals surface area contributed by atoms with Crippen molar-refractivity contribution in [2.75, 3.05) is 64.0 Å². The second-order valence-corrected chi connectivity index (χ2v) is 9.00. The molecule has 0 unspecified atom stereocenters. The van der Waals surface area contributed by atoms with E-state index in [2.05, 4.69) is 14.9 Å². The van der Waals surface area contributed by atoms with Crippen LogP contribution in [0.4, 0.5) is 30.6 Å². The second kappa shape index (κ2) is 14.7. The number of halogens is 3. The maximum absolute atomic E-state index is 13.6. The van der Waals surface area contributed by atoms with Crippen molar-refractivity contribution in [1.82, 2.24) is 14.9 Å². The van der Waals surface area contributed by atoms with Crippen molar-refractivity contribution in [1.29, 1.82) is 5.26 Å². The van der Waals surface area contributed by atoms with E-state index in [4.69, 9.17) is 20.9 Å². The number of alkyl halides is 3. The third-order valence-corrected chi connectivity index (χ3v) is 6.36. The van der Waals surface area contributed by atoms with Gasteiger partial charge in [0.25, 0.3) is 0 Å². The molecule has 14 heteroatoms. The Morgan fingerprint density at radius 3 is 2.37 bits per heavy atom. The van der Waals surface area contributed by atoms with Gasteiger partial charge < -0.3 is 25.8 Å². The number of anilines is 3. The third-order valence-electron chi connectivity index (χ3n) is 5.67. The Bertz CT molecular complexity index is 1110. The smallest absolute Gasteiger partial charge is 0.383 e. The lowest BCUT2D eigenvalue weighted by Gasteiger charge is -2.33. The number of primary amides is 1. The Kier molecular flexibility index (Phi) is 12.0. The molecule has 10 nitrogen and oxygen atoms in total. The van der Waals surface area contributed by atoms with Crippen LogP contribution in [0.25, 0.3) is 0 Å². The average molecular weight is 556 g/mol. The average Bonchev–Trinajstić information content (AvgIpc) is 2.88. The zero-order valence-electron chi connectivity index (χ0n) is 21.5. The van der Waals surface area contributed by atoms with Crippen LogP contribution in [0.2, 0.25) is 0 Å². The highest BCUT2D eigenvalue weighted by atomic mass is 32.2. The van der Waals surface area contributed by atoms with Crippen molar-refractivity contribution in [2.45, 2.75) is 30.1 Å². The largest absolute Gasteiger partial charge is 0.416 e. The van der Waals surface area contributed by atoms with Gasteiger partial charge in [-0.25, -0.2) is 4.98 Å². The van der Waals surface area contributed by atoms with Crippen LogP contribution >= 0.6 is 11.8 Å². The number of nitrogen functional groups attached to an aromatic ring is 1. The first-order valence-corrected chi connectivity index (χ1v) is 12.9. The summed E-state index contributed by atoms with van der Waals surface area (Å²) < 4.78 is 51.0. The number of methoxy groups -OCH3 is 2. The lowest BCUT2D eigenvalue weighted by Crippen LogP contribution is -2.44. The number of hydrogen-bond acceptors (Lipinski definition) is 10. The molecule has 0 bridgehead atoms. The molecule has 0 saturated heterocycles. The summed E-state index contributed by atoms with van der Waals surface area (Å²) in [7, 11) is 3.18. The summed E-state index contributed by atoms with van der Waals surface area (Å²) in [4.78, 5) is 24.3. The van der Waals surface area contributed by atoms with Crippen LogP contribution in [0.1, 0.15) is 24.0 Å². The summed E-state index contributed by atoms with van der Waals surface area (Å²) >= 11 is 1.12. The molecule has 208 valence electrons. The van der Waals surface area contributed by atoms with Crippen molar-refractivity contribution in [3.63, 3.8) is 0 Å². The molecule has 0 saturated carbocycles. The Morgan fingerprint density at radius 1 is 1.18 bits per heavy atom. The molecule has 2 aromatic rings. The Hall–Kier alpha value is -3.12. The first-order chi connectivity index (χ1) is 18.1. The van der Waals surface area contributed by atoms with E-state index in [1.54, 1.807) is 20.5 Å². The monoisotopic (exact) mass is 555 g/mol. The highest BCUT2D eigenvalue weighted by molar-refractivity contribution is 7.98. The number of aromatic nitrogens is 2. The van der Waals surface area contributed by atoms with E-state index in [9.17, 15) is 23.2 Å². The molecule has 1 aromatic heterocycles. The summed E-state index contributed by atoms with van der Waals surface area (Å²) in [6.45, 7) is 2.76. The predicted molar refractivity (Wildman–Crippen MR) is 139 cm³/mol. The maximum atomic E-state index is 13.6. The molecular formula is C24H32F3N7O3S. The van der Waals surface area contributed by atoms with Crippen molar-refractivity contribution in [2.24, 2.45) is 5.73 Å². The topological polar surface area (TPSA) is 144 Å². The minimum absolute atomic E-state index is 0.0131. The number of ether oxygens (including phenoxy) is 2. The SMILES string of the molecule is COCCN(CCC[C@@H](C(N)=O)N(c1cccc(C(F)(F)F)c1)c1nc(N)nc(SC)c1C#N)CCOC. The van der Waals surface area contributed by atoms with Gasteiger partial charge in [-0.1, -0.05) is 6.07 Å². The summed E-state index contributed by atoms with van der Waals surface area (Å²) in [6.07, 6.45) is -2.36. The summed E-state index contributed by atoms with van der Waals surface area (Å²) in [6, 6.07) is 5.27. The molecule has 1 aromatic carbocycles. The number of amides is 1. The minimum Gasteiger partial charge on any atom is -0.383 e. The van der Waals surface area contributed by atoms with Crippen LogP contribution in [-0.4, -0.2) is 80.1 Å². The van der Waals surface area contributed by atoms with E-state index in [0.717, 1.165) is 23.9 Å². The van der Waals surface area contributed by atoms with Gasteiger partial charge in [-0.2, -0.15) is 23.4 Å². The molecule has 0 aliphatic rings. The standard InChI is InChI=1S/C24H32F3N7O3S/c1-36-12-10-33(11-13-37-2)9-5-8-19(20(29)35)34(17-7-4-6-16(14-17)24(25,26)27)21-18(15-28)22(38-3)32-23(30)31-21/h4,6-7,14,19H,5,8-13H2,1-3H3,(H2,29,35)(H2,30,31,32)/t19-/m0/s1. The molecular weight excluding hydrogens is 523 g/mol. The molecule has 1 atom stereocenters. The first kappa shape index (κ1) is 31.1. The fraction of sp³-hybridized carbons (Fsp3) is 0.500. The number of carbonyl (C=O) groups excluding carboxylic acids is 1. The molecule has 0 aliphatic carbocycles. The van der Waals surface area contributed by atoms with E-state index in [0.29, 0.717) is 39.3 Å². The van der Waals surface area contributed by atoms with Crippen molar-refractivity contribution >= 4 is 35.1 Å². The Morgan fingerprint density at radius 2 is 1.84 bits per heavy atom. The summed E-state index contributed by atoms with van der Waals surface area (Å²) in [5.41, 5.74) is 10.7. The molecule has 2 rings (SSSR count). The van der Waals surface area contributed by atoms with E-state index < -0.39 is 23.7 Å². The lowest BCUT2D eigenvalue weighted by atomic mass is 10.0. The number of benzene rings is 1. The summed E-state index contributed by atoms with van der Waals surface area (Å²) in [5.74, 6) is -1.09. The van der Waals surface area contributed by atoms with Crippen LogP contribution in [0.5, 0.6) is 0 Å². The fourth-order valence-electron chi connectivity index (χ4n) is 3.83. The van der Waals surface area contributed by atoms with Gasteiger partial charge in [0.05, 0.1) is 18.8 Å². The predicted octanol–water partition coefficient (Wildman–Crippen LogP) is 3.04. The molecule has 0 spiro atoms. The van der Waals surface area contributed by atoms with E-state index >= 15 is 0 Å². The quantitative estimate of drug-likeness (QED) is 0.249. The van der Waals surface area contributed by atoms with E-state index in [1.165, 1.54) is 17.0 Å². The van der Waals surface area contributed by atoms with Crippen molar-refractivity contribution in [3.05, 3.63) is 35.4 Å². The normalized spacial score (nSPS) is 12.4. The van der Waals surface area contributed by atoms with Crippen LogP contribution in [0.3, 0.4) is 0 Å². The zero-order chi connectivity index (χ0) is 28.3. The molecule has 38 heavy (non-hydrogen) atoms. The third kappa shape index (κ3) is 8.45. The van der Waals surface area contributed by atoms with Gasteiger partial charge in [0.15, 0.2) is 5.82 Å². The number of nitriles is 1. The number of nitrogens with zero attached hydrogens (tertiary/aromatic N) is 5. The second-order valence-electron chi connectivity index (χ2n) is 8.21. The van der Waals surface area contributed by atoms with Crippen LogP contribution in [0.15, 0.2) is 29.3 Å².